The zero-order valence-corrected chi connectivity index (χ0v) is 18.3. The second kappa shape index (κ2) is 8.03. The fourth-order valence-electron chi connectivity index (χ4n) is 3.83. The van der Waals surface area contributed by atoms with Gasteiger partial charge in [-0.1, -0.05) is 29.5 Å². The highest BCUT2D eigenvalue weighted by Crippen LogP contribution is 2.33. The van der Waals surface area contributed by atoms with Crippen molar-refractivity contribution in [3.05, 3.63) is 65.9 Å². The summed E-state index contributed by atoms with van der Waals surface area (Å²) in [6, 6.07) is 17.3. The number of aryl methyl sites for hydroxylation is 1. The minimum absolute atomic E-state index is 0.0931. The number of aromatic nitrogens is 3. The molecule has 0 atom stereocenters. The molecule has 7 nitrogen and oxygen atoms in total. The monoisotopic (exact) mass is 433 g/mol. The highest BCUT2D eigenvalue weighted by atomic mass is 32.1. The van der Waals surface area contributed by atoms with E-state index < -0.39 is 0 Å². The van der Waals surface area contributed by atoms with Crippen LogP contribution in [0.15, 0.2) is 54.6 Å². The summed E-state index contributed by atoms with van der Waals surface area (Å²) < 4.78 is 8.24. The molecule has 0 N–H and O–H groups in total. The molecule has 4 aromatic rings. The van der Waals surface area contributed by atoms with Crippen LogP contribution in [0.5, 0.6) is 5.75 Å². The molecule has 2 aromatic carbocycles. The van der Waals surface area contributed by atoms with Gasteiger partial charge >= 0.3 is 0 Å². The summed E-state index contributed by atoms with van der Waals surface area (Å²) in [5.41, 5.74) is 3.53. The first-order valence-electron chi connectivity index (χ1n) is 10.2. The highest BCUT2D eigenvalue weighted by molar-refractivity contribution is 7.22. The lowest BCUT2D eigenvalue weighted by Gasteiger charge is -2.34. The van der Waals surface area contributed by atoms with Gasteiger partial charge in [0.2, 0.25) is 0 Å². The number of ether oxygens (including phenoxy) is 1. The maximum atomic E-state index is 12.7. The summed E-state index contributed by atoms with van der Waals surface area (Å²) in [6.45, 7) is 4.93. The van der Waals surface area contributed by atoms with Gasteiger partial charge in [0.1, 0.15) is 5.75 Å². The molecule has 5 rings (SSSR count). The molecule has 2 aromatic heterocycles. The molecule has 0 spiro atoms. The summed E-state index contributed by atoms with van der Waals surface area (Å²) in [4.78, 5) is 21.8. The summed E-state index contributed by atoms with van der Waals surface area (Å²) in [7, 11) is 1.66. The summed E-state index contributed by atoms with van der Waals surface area (Å²) >= 11 is 1.66. The van der Waals surface area contributed by atoms with Gasteiger partial charge in [0, 0.05) is 31.7 Å². The molecular formula is C23H23N5O2S. The molecule has 0 radical (unpaired) electrons. The van der Waals surface area contributed by atoms with Crippen molar-refractivity contribution in [3.63, 3.8) is 0 Å². The first kappa shape index (κ1) is 19.6. The number of nitrogens with zero attached hydrogens (tertiary/aromatic N) is 5. The van der Waals surface area contributed by atoms with E-state index in [1.807, 2.05) is 71.1 Å². The van der Waals surface area contributed by atoms with E-state index in [2.05, 4.69) is 10.00 Å². The number of hydrogen-bond donors (Lipinski definition) is 0. The van der Waals surface area contributed by atoms with Gasteiger partial charge in [-0.2, -0.15) is 10.1 Å². The van der Waals surface area contributed by atoms with Crippen LogP contribution in [-0.2, 0) is 0 Å². The predicted octanol–water partition coefficient (Wildman–Crippen LogP) is 3.76. The van der Waals surface area contributed by atoms with E-state index in [1.165, 1.54) is 0 Å². The van der Waals surface area contributed by atoms with Crippen LogP contribution in [0.4, 0.5) is 5.13 Å². The fourth-order valence-corrected chi connectivity index (χ4v) is 4.86. The molecule has 0 saturated carbocycles. The quantitative estimate of drug-likeness (QED) is 0.490. The Hall–Kier alpha value is -3.39. The Kier molecular flexibility index (Phi) is 5.07. The smallest absolute Gasteiger partial charge is 0.253 e. The lowest BCUT2D eigenvalue weighted by atomic mass is 10.2. The molecule has 158 valence electrons. The van der Waals surface area contributed by atoms with Gasteiger partial charge in [0.15, 0.2) is 10.8 Å². The van der Waals surface area contributed by atoms with E-state index in [4.69, 9.17) is 9.72 Å². The number of methoxy groups -OCH3 is 1. The van der Waals surface area contributed by atoms with E-state index in [-0.39, 0.29) is 5.91 Å². The molecule has 31 heavy (non-hydrogen) atoms. The van der Waals surface area contributed by atoms with Crippen LogP contribution in [0.1, 0.15) is 16.1 Å². The number of hydrogen-bond acceptors (Lipinski definition) is 6. The van der Waals surface area contributed by atoms with Crippen molar-refractivity contribution < 1.29 is 9.53 Å². The van der Waals surface area contributed by atoms with Crippen molar-refractivity contribution in [1.29, 1.82) is 0 Å². The van der Waals surface area contributed by atoms with Crippen molar-refractivity contribution in [2.75, 3.05) is 38.2 Å². The van der Waals surface area contributed by atoms with Gasteiger partial charge < -0.3 is 14.5 Å². The summed E-state index contributed by atoms with van der Waals surface area (Å²) in [6.07, 6.45) is 0. The third kappa shape index (κ3) is 3.63. The SMILES string of the molecule is COc1ccc(-n2nc(C)c3sc(N4CCN(C(=O)c5ccccc5)CC4)nc32)cc1. The maximum Gasteiger partial charge on any atom is 0.253 e. The molecule has 1 aliphatic rings. The van der Waals surface area contributed by atoms with Gasteiger partial charge in [-0.25, -0.2) is 4.68 Å². The lowest BCUT2D eigenvalue weighted by Crippen LogP contribution is -2.48. The second-order valence-corrected chi connectivity index (χ2v) is 8.47. The number of carbonyl (C=O) groups is 1. The minimum atomic E-state index is 0.0931. The Morgan fingerprint density at radius 1 is 1.00 bits per heavy atom. The van der Waals surface area contributed by atoms with Crippen molar-refractivity contribution >= 4 is 32.7 Å². The average Bonchev–Trinajstić information content (AvgIpc) is 3.40. The van der Waals surface area contributed by atoms with Crippen LogP contribution >= 0.6 is 11.3 Å². The Morgan fingerprint density at radius 3 is 2.39 bits per heavy atom. The molecule has 8 heteroatoms. The van der Waals surface area contributed by atoms with Gasteiger partial charge in [-0.3, -0.25) is 4.79 Å². The third-order valence-corrected chi connectivity index (χ3v) is 6.77. The summed E-state index contributed by atoms with van der Waals surface area (Å²) in [5.74, 6) is 0.904. The largest absolute Gasteiger partial charge is 0.497 e. The van der Waals surface area contributed by atoms with Crippen LogP contribution in [0, 0.1) is 6.92 Å². The van der Waals surface area contributed by atoms with E-state index in [0.717, 1.165) is 51.3 Å². The van der Waals surface area contributed by atoms with Gasteiger partial charge in [-0.15, -0.1) is 0 Å². The molecular weight excluding hydrogens is 410 g/mol. The fraction of sp³-hybridized carbons (Fsp3) is 0.261. The molecule has 1 amide bonds. The Labute approximate surface area is 184 Å². The van der Waals surface area contributed by atoms with Gasteiger partial charge in [0.25, 0.3) is 5.91 Å². The molecule has 3 heterocycles. The molecule has 0 aliphatic carbocycles. The van der Waals surface area contributed by atoms with E-state index in [0.29, 0.717) is 13.1 Å². The highest BCUT2D eigenvalue weighted by Gasteiger charge is 2.25. The number of benzene rings is 2. The Bertz CT molecular complexity index is 1210. The van der Waals surface area contributed by atoms with Crippen LogP contribution in [0.25, 0.3) is 16.0 Å². The van der Waals surface area contributed by atoms with Crippen molar-refractivity contribution in [2.45, 2.75) is 6.92 Å². The van der Waals surface area contributed by atoms with Crippen molar-refractivity contribution in [3.8, 4) is 11.4 Å². The minimum Gasteiger partial charge on any atom is -0.497 e. The van der Waals surface area contributed by atoms with Crippen molar-refractivity contribution in [2.24, 2.45) is 0 Å². The Balaban J connectivity index is 1.35. The zero-order valence-electron chi connectivity index (χ0n) is 17.5. The number of amides is 1. The van der Waals surface area contributed by atoms with E-state index >= 15 is 0 Å². The lowest BCUT2D eigenvalue weighted by molar-refractivity contribution is 0.0747. The predicted molar refractivity (Wildman–Crippen MR) is 123 cm³/mol. The van der Waals surface area contributed by atoms with Crippen molar-refractivity contribution in [1.82, 2.24) is 19.7 Å². The maximum absolute atomic E-state index is 12.7. The number of thiazole rings is 1. The van der Waals surface area contributed by atoms with E-state index in [9.17, 15) is 4.79 Å². The van der Waals surface area contributed by atoms with Crippen LogP contribution in [0.3, 0.4) is 0 Å². The molecule has 0 bridgehead atoms. The molecule has 1 fully saturated rings. The number of fused-ring (bicyclic) bond motifs is 1. The second-order valence-electron chi connectivity index (χ2n) is 7.49. The molecule has 1 saturated heterocycles. The first-order chi connectivity index (χ1) is 15.1. The number of rotatable bonds is 4. The third-order valence-electron chi connectivity index (χ3n) is 5.55. The first-order valence-corrected chi connectivity index (χ1v) is 11.1. The normalized spacial score (nSPS) is 14.3. The standard InChI is InChI=1S/C23H23N5O2S/c1-16-20-21(28(25-16)18-8-10-19(30-2)11-9-18)24-23(31-20)27-14-12-26(13-15-27)22(29)17-6-4-3-5-7-17/h3-11H,12-15H2,1-2H3. The molecule has 0 unspecified atom stereocenters. The zero-order chi connectivity index (χ0) is 21.4. The number of carbonyl (C=O) groups excluding carboxylic acids is 1. The molecule has 1 aliphatic heterocycles. The van der Waals surface area contributed by atoms with Gasteiger partial charge in [0.05, 0.1) is 23.2 Å². The number of piperazine rings is 1. The summed E-state index contributed by atoms with van der Waals surface area (Å²) in [5, 5.41) is 5.66. The van der Waals surface area contributed by atoms with Gasteiger partial charge in [-0.05, 0) is 43.3 Å². The average molecular weight is 434 g/mol. The number of anilines is 1. The van der Waals surface area contributed by atoms with Crippen LogP contribution in [0.2, 0.25) is 0 Å². The van der Waals surface area contributed by atoms with Crippen LogP contribution in [-0.4, -0.2) is 58.9 Å². The van der Waals surface area contributed by atoms with Crippen LogP contribution < -0.4 is 9.64 Å². The topological polar surface area (TPSA) is 63.5 Å². The Morgan fingerprint density at radius 2 is 1.71 bits per heavy atom. The van der Waals surface area contributed by atoms with E-state index in [1.54, 1.807) is 18.4 Å².